The van der Waals surface area contributed by atoms with Gasteiger partial charge in [0.2, 0.25) is 23.6 Å². The number of benzene rings is 4. The fourth-order valence-corrected chi connectivity index (χ4v) is 7.19. The second kappa shape index (κ2) is 19.7. The van der Waals surface area contributed by atoms with Crippen LogP contribution in [0.2, 0.25) is 0 Å². The molecule has 0 spiro atoms. The number of hydrogen-bond donors (Lipinski definition) is 6. The average Bonchev–Trinajstić information content (AvgIpc) is 3.23. The van der Waals surface area contributed by atoms with E-state index in [0.29, 0.717) is 43.6 Å². The maximum atomic E-state index is 14.4. The van der Waals surface area contributed by atoms with Gasteiger partial charge >= 0.3 is 0 Å². The van der Waals surface area contributed by atoms with Crippen molar-refractivity contribution in [1.29, 1.82) is 0 Å². The SMILES string of the molecule is O=C1C[C@@H](C(=O)NCC2(c3cccc(F)c3)CCOCC2)NC(=O)c2ccccc2OCCCNC(=O)[C@H](Cc2ccccc2)NC(=O)[C@H](Cc2ccc(O)cc2)N1. The second-order valence-corrected chi connectivity index (χ2v) is 14.6. The molecule has 6 rings (SSSR count). The van der Waals surface area contributed by atoms with Crippen LogP contribution in [0.3, 0.4) is 0 Å². The number of phenols is 1. The topological polar surface area (TPSA) is 184 Å². The van der Waals surface area contributed by atoms with Crippen LogP contribution in [0.1, 0.15) is 52.7 Å². The lowest BCUT2D eigenvalue weighted by Crippen LogP contribution is -2.56. The van der Waals surface area contributed by atoms with Gasteiger partial charge in [0.1, 0.15) is 35.4 Å². The first-order chi connectivity index (χ1) is 28.1. The number of halogens is 1. The molecule has 0 bridgehead atoms. The Bertz CT molecular complexity index is 2060. The van der Waals surface area contributed by atoms with Gasteiger partial charge in [0, 0.05) is 44.6 Å². The van der Waals surface area contributed by atoms with Crippen molar-refractivity contribution in [2.24, 2.45) is 0 Å². The highest BCUT2D eigenvalue weighted by Gasteiger charge is 2.37. The van der Waals surface area contributed by atoms with E-state index in [0.717, 1.165) is 5.56 Å². The first-order valence-electron chi connectivity index (χ1n) is 19.4. The molecule has 13 nitrogen and oxygen atoms in total. The van der Waals surface area contributed by atoms with Crippen LogP contribution in [0, 0.1) is 5.82 Å². The minimum Gasteiger partial charge on any atom is -0.508 e. The Balaban J connectivity index is 1.30. The molecule has 6 N–H and O–H groups in total. The molecule has 2 heterocycles. The van der Waals surface area contributed by atoms with Crippen LogP contribution in [0.25, 0.3) is 0 Å². The summed E-state index contributed by atoms with van der Waals surface area (Å²) in [4.78, 5) is 69.7. The van der Waals surface area contributed by atoms with E-state index >= 15 is 0 Å². The van der Waals surface area contributed by atoms with Crippen molar-refractivity contribution in [3.63, 3.8) is 0 Å². The summed E-state index contributed by atoms with van der Waals surface area (Å²) < 4.78 is 26.0. The molecule has 0 unspecified atom stereocenters. The van der Waals surface area contributed by atoms with Gasteiger partial charge in [-0.25, -0.2) is 4.39 Å². The third-order valence-corrected chi connectivity index (χ3v) is 10.5. The van der Waals surface area contributed by atoms with Crippen LogP contribution in [0.4, 0.5) is 4.39 Å². The molecule has 2 aliphatic rings. The van der Waals surface area contributed by atoms with Gasteiger partial charge in [-0.2, -0.15) is 0 Å². The predicted octanol–water partition coefficient (Wildman–Crippen LogP) is 3.24. The standard InChI is InChI=1S/C44H48FN5O8/c45-32-11-6-10-31(26-32)44(18-22-57-23-19-44)28-47-42(55)37-27-39(52)48-36(25-30-14-16-33(51)17-15-30)43(56)50-35(24-29-8-2-1-3-9-29)41(54)46-20-7-21-58-38-13-5-4-12-34(38)40(53)49-37/h1-6,8-17,26,35-37,51H,7,18-25,27-28H2,(H,46,54)(H,47,55)(H,48,52)(H,49,53)(H,50,56)/t35-,36-,37-/m0/s1. The lowest BCUT2D eigenvalue weighted by molar-refractivity contribution is -0.133. The summed E-state index contributed by atoms with van der Waals surface area (Å²) in [6.45, 7) is 1.19. The van der Waals surface area contributed by atoms with Gasteiger partial charge in [-0.3, -0.25) is 24.0 Å². The summed E-state index contributed by atoms with van der Waals surface area (Å²) >= 11 is 0. The summed E-state index contributed by atoms with van der Waals surface area (Å²) in [6, 6.07) is 24.3. The van der Waals surface area contributed by atoms with E-state index in [-0.39, 0.29) is 49.6 Å². The van der Waals surface area contributed by atoms with E-state index < -0.39 is 65.3 Å². The van der Waals surface area contributed by atoms with Gasteiger partial charge in [-0.15, -0.1) is 0 Å². The van der Waals surface area contributed by atoms with Gasteiger partial charge in [-0.05, 0) is 72.4 Å². The quantitative estimate of drug-likeness (QED) is 0.157. The number of nitrogens with one attached hydrogen (secondary N) is 5. The lowest BCUT2D eigenvalue weighted by atomic mass is 9.74. The van der Waals surface area contributed by atoms with Gasteiger partial charge in [0.05, 0.1) is 18.6 Å². The zero-order valence-electron chi connectivity index (χ0n) is 32.0. The van der Waals surface area contributed by atoms with Gasteiger partial charge < -0.3 is 41.2 Å². The highest BCUT2D eigenvalue weighted by atomic mass is 19.1. The van der Waals surface area contributed by atoms with Crippen molar-refractivity contribution >= 4 is 29.5 Å². The van der Waals surface area contributed by atoms with Crippen molar-refractivity contribution in [2.75, 3.05) is 32.9 Å². The second-order valence-electron chi connectivity index (χ2n) is 14.6. The van der Waals surface area contributed by atoms with Crippen LogP contribution in [-0.2, 0) is 42.2 Å². The van der Waals surface area contributed by atoms with E-state index in [2.05, 4.69) is 26.6 Å². The Hall–Kier alpha value is -6.28. The number of hydrogen-bond acceptors (Lipinski definition) is 8. The van der Waals surface area contributed by atoms with Crippen LogP contribution >= 0.6 is 0 Å². The number of phenolic OH excluding ortho intramolecular Hbond substituents is 1. The molecule has 1 saturated heterocycles. The number of amides is 5. The first kappa shape index (κ1) is 41.4. The summed E-state index contributed by atoms with van der Waals surface area (Å²) in [5.41, 5.74) is 1.54. The summed E-state index contributed by atoms with van der Waals surface area (Å²) in [6.07, 6.45) is 0.941. The number of fused-ring (bicyclic) bond motifs is 1. The zero-order chi connectivity index (χ0) is 40.9. The average molecular weight is 794 g/mol. The monoisotopic (exact) mass is 793 g/mol. The summed E-state index contributed by atoms with van der Waals surface area (Å²) in [7, 11) is 0. The number of rotatable bonds is 8. The van der Waals surface area contributed by atoms with E-state index in [1.54, 1.807) is 42.5 Å². The Morgan fingerprint density at radius 1 is 0.776 bits per heavy atom. The van der Waals surface area contributed by atoms with Crippen molar-refractivity contribution in [2.45, 2.75) is 62.1 Å². The largest absolute Gasteiger partial charge is 0.508 e. The number of para-hydroxylation sites is 1. The van der Waals surface area contributed by atoms with Crippen LogP contribution in [0.15, 0.2) is 103 Å². The third kappa shape index (κ3) is 11.2. The number of carbonyl (C=O) groups excluding carboxylic acids is 5. The molecule has 1 fully saturated rings. The molecular formula is C44H48FN5O8. The lowest BCUT2D eigenvalue weighted by Gasteiger charge is -2.38. The molecule has 0 radical (unpaired) electrons. The number of aromatic hydroxyl groups is 1. The molecular weight excluding hydrogens is 746 g/mol. The van der Waals surface area contributed by atoms with E-state index in [4.69, 9.17) is 9.47 Å². The molecule has 4 aromatic carbocycles. The fourth-order valence-electron chi connectivity index (χ4n) is 7.19. The van der Waals surface area contributed by atoms with Crippen molar-refractivity contribution < 1.29 is 42.9 Å². The van der Waals surface area contributed by atoms with Gasteiger partial charge in [0.15, 0.2) is 0 Å². The molecule has 0 saturated carbocycles. The molecule has 0 aliphatic carbocycles. The van der Waals surface area contributed by atoms with Crippen molar-refractivity contribution in [3.05, 3.63) is 131 Å². The molecule has 0 aromatic heterocycles. The predicted molar refractivity (Wildman–Crippen MR) is 212 cm³/mol. The summed E-state index contributed by atoms with van der Waals surface area (Å²) in [5.74, 6) is -3.34. The maximum absolute atomic E-state index is 14.4. The molecule has 3 atom stereocenters. The Morgan fingerprint density at radius 3 is 2.21 bits per heavy atom. The Kier molecular flexibility index (Phi) is 14.1. The first-order valence-corrected chi connectivity index (χ1v) is 19.4. The minimum absolute atomic E-state index is 0.0121. The van der Waals surface area contributed by atoms with Crippen molar-refractivity contribution in [1.82, 2.24) is 26.6 Å². The minimum atomic E-state index is -1.42. The van der Waals surface area contributed by atoms with E-state index in [9.17, 15) is 33.5 Å². The third-order valence-electron chi connectivity index (χ3n) is 10.5. The maximum Gasteiger partial charge on any atom is 0.255 e. The van der Waals surface area contributed by atoms with E-state index in [1.165, 1.54) is 30.3 Å². The zero-order valence-corrected chi connectivity index (χ0v) is 32.0. The van der Waals surface area contributed by atoms with Gasteiger partial charge in [0.25, 0.3) is 5.91 Å². The molecule has 304 valence electrons. The Labute approximate surface area is 336 Å². The van der Waals surface area contributed by atoms with Crippen LogP contribution in [-0.4, -0.2) is 85.7 Å². The normalized spacial score (nSPS) is 20.7. The molecule has 5 amide bonds. The fraction of sp³-hybridized carbons (Fsp3) is 0.341. The summed E-state index contributed by atoms with van der Waals surface area (Å²) in [5, 5.41) is 23.9. The van der Waals surface area contributed by atoms with Crippen LogP contribution in [0.5, 0.6) is 11.5 Å². The highest BCUT2D eigenvalue weighted by Crippen LogP contribution is 2.34. The number of carbonyl (C=O) groups is 5. The van der Waals surface area contributed by atoms with Crippen molar-refractivity contribution in [3.8, 4) is 11.5 Å². The molecule has 2 aliphatic heterocycles. The van der Waals surface area contributed by atoms with Crippen LogP contribution < -0.4 is 31.3 Å². The smallest absolute Gasteiger partial charge is 0.255 e. The Morgan fingerprint density at radius 2 is 1.47 bits per heavy atom. The molecule has 4 aromatic rings. The van der Waals surface area contributed by atoms with E-state index in [1.807, 2.05) is 30.3 Å². The molecule has 14 heteroatoms. The highest BCUT2D eigenvalue weighted by molar-refractivity contribution is 6.01. The number of ether oxygens (including phenoxy) is 2. The van der Waals surface area contributed by atoms with Gasteiger partial charge in [-0.1, -0.05) is 66.7 Å². The molecule has 58 heavy (non-hydrogen) atoms.